The highest BCUT2D eigenvalue weighted by atomic mass is 32.2. The molecule has 7 nitrogen and oxygen atoms in total. The SMILES string of the molecule is CCN(CC(=O)NCC1CCCO1)S(=O)(=O)c1ccc(OC)cc1. The van der Waals surface area contributed by atoms with Crippen LogP contribution in [-0.2, 0) is 19.6 Å². The number of likely N-dealkylation sites (N-methyl/N-ethyl adjacent to an activating group) is 1. The van der Waals surface area contributed by atoms with E-state index in [1.807, 2.05) is 0 Å². The number of sulfonamides is 1. The number of hydrogen-bond acceptors (Lipinski definition) is 5. The summed E-state index contributed by atoms with van der Waals surface area (Å²) in [6.07, 6.45) is 1.94. The first-order chi connectivity index (χ1) is 11.5. The molecule has 1 fully saturated rings. The van der Waals surface area contributed by atoms with Crippen LogP contribution in [-0.4, -0.2) is 58.1 Å². The van der Waals surface area contributed by atoms with Crippen molar-refractivity contribution in [1.82, 2.24) is 9.62 Å². The van der Waals surface area contributed by atoms with Crippen molar-refractivity contribution in [2.45, 2.75) is 30.8 Å². The first-order valence-corrected chi connectivity index (χ1v) is 9.44. The molecule has 24 heavy (non-hydrogen) atoms. The molecule has 1 aromatic rings. The van der Waals surface area contributed by atoms with E-state index in [1.165, 1.54) is 19.2 Å². The van der Waals surface area contributed by atoms with Gasteiger partial charge in [0.2, 0.25) is 15.9 Å². The van der Waals surface area contributed by atoms with Crippen molar-refractivity contribution in [1.29, 1.82) is 0 Å². The first-order valence-electron chi connectivity index (χ1n) is 8.00. The highest BCUT2D eigenvalue weighted by Crippen LogP contribution is 2.19. The molecule has 0 aromatic heterocycles. The Hall–Kier alpha value is -1.64. The summed E-state index contributed by atoms with van der Waals surface area (Å²) in [6, 6.07) is 6.11. The van der Waals surface area contributed by atoms with Crippen LogP contribution in [0.3, 0.4) is 0 Å². The van der Waals surface area contributed by atoms with Gasteiger partial charge < -0.3 is 14.8 Å². The van der Waals surface area contributed by atoms with Gasteiger partial charge in [-0.25, -0.2) is 8.42 Å². The smallest absolute Gasteiger partial charge is 0.243 e. The molecule has 0 bridgehead atoms. The Balaban J connectivity index is 1.98. The number of rotatable bonds is 8. The second-order valence-electron chi connectivity index (χ2n) is 5.55. The summed E-state index contributed by atoms with van der Waals surface area (Å²) in [5.74, 6) is 0.246. The fourth-order valence-electron chi connectivity index (χ4n) is 2.51. The Kier molecular flexibility index (Phi) is 6.59. The standard InChI is InChI=1S/C16H24N2O5S/c1-3-18(12-16(19)17-11-14-5-4-10-23-14)24(20,21)15-8-6-13(22-2)7-9-15/h6-9,14H,3-5,10-12H2,1-2H3,(H,17,19). The van der Waals surface area contributed by atoms with E-state index in [2.05, 4.69) is 5.32 Å². The van der Waals surface area contributed by atoms with Gasteiger partial charge in [-0.15, -0.1) is 0 Å². The van der Waals surface area contributed by atoms with E-state index in [0.29, 0.717) is 18.9 Å². The Morgan fingerprint density at radius 3 is 2.62 bits per heavy atom. The molecule has 134 valence electrons. The van der Waals surface area contributed by atoms with Gasteiger partial charge in [-0.2, -0.15) is 4.31 Å². The van der Waals surface area contributed by atoms with E-state index in [0.717, 1.165) is 17.1 Å². The summed E-state index contributed by atoms with van der Waals surface area (Å²) in [5, 5.41) is 2.74. The highest BCUT2D eigenvalue weighted by Gasteiger charge is 2.25. The topological polar surface area (TPSA) is 84.9 Å². The minimum absolute atomic E-state index is 0.0298. The minimum atomic E-state index is -3.72. The molecule has 1 unspecified atom stereocenters. The van der Waals surface area contributed by atoms with Gasteiger partial charge in [-0.1, -0.05) is 6.92 Å². The van der Waals surface area contributed by atoms with E-state index >= 15 is 0 Å². The molecule has 1 amide bonds. The predicted octanol–water partition coefficient (Wildman–Crippen LogP) is 1.00. The molecule has 1 aliphatic rings. The van der Waals surface area contributed by atoms with Crippen molar-refractivity contribution in [3.8, 4) is 5.75 Å². The summed E-state index contributed by atoms with van der Waals surface area (Å²) in [7, 11) is -2.21. The highest BCUT2D eigenvalue weighted by molar-refractivity contribution is 7.89. The van der Waals surface area contributed by atoms with Crippen LogP contribution in [0.15, 0.2) is 29.2 Å². The summed E-state index contributed by atoms with van der Waals surface area (Å²) >= 11 is 0. The molecule has 0 aliphatic carbocycles. The van der Waals surface area contributed by atoms with Crippen LogP contribution >= 0.6 is 0 Å². The molecule has 0 saturated carbocycles. The van der Waals surface area contributed by atoms with Gasteiger partial charge in [0.25, 0.3) is 0 Å². The molecule has 1 N–H and O–H groups in total. The van der Waals surface area contributed by atoms with Crippen LogP contribution in [0.4, 0.5) is 0 Å². The molecular weight excluding hydrogens is 332 g/mol. The Bertz CT molecular complexity index is 639. The van der Waals surface area contributed by atoms with Gasteiger partial charge in [0, 0.05) is 19.7 Å². The average molecular weight is 356 g/mol. The molecule has 0 radical (unpaired) electrons. The fraction of sp³-hybridized carbons (Fsp3) is 0.562. The van der Waals surface area contributed by atoms with Gasteiger partial charge in [-0.05, 0) is 37.1 Å². The number of methoxy groups -OCH3 is 1. The lowest BCUT2D eigenvalue weighted by atomic mass is 10.2. The second kappa shape index (κ2) is 8.46. The van der Waals surface area contributed by atoms with E-state index in [1.54, 1.807) is 19.1 Å². The van der Waals surface area contributed by atoms with Gasteiger partial charge in [0.05, 0.1) is 24.7 Å². The molecular formula is C16H24N2O5S. The van der Waals surface area contributed by atoms with Gasteiger partial charge in [0.15, 0.2) is 0 Å². The summed E-state index contributed by atoms with van der Waals surface area (Å²) in [4.78, 5) is 12.2. The molecule has 1 heterocycles. The third kappa shape index (κ3) is 4.68. The largest absolute Gasteiger partial charge is 0.497 e. The molecule has 1 aromatic carbocycles. The zero-order valence-electron chi connectivity index (χ0n) is 14.0. The van der Waals surface area contributed by atoms with Crippen LogP contribution in [0.2, 0.25) is 0 Å². The van der Waals surface area contributed by atoms with Crippen molar-refractivity contribution in [3.63, 3.8) is 0 Å². The van der Waals surface area contributed by atoms with Crippen LogP contribution < -0.4 is 10.1 Å². The zero-order valence-corrected chi connectivity index (χ0v) is 14.8. The minimum Gasteiger partial charge on any atom is -0.497 e. The van der Waals surface area contributed by atoms with Crippen molar-refractivity contribution >= 4 is 15.9 Å². The molecule has 2 rings (SSSR count). The molecule has 1 aliphatic heterocycles. The van der Waals surface area contributed by atoms with Gasteiger partial charge >= 0.3 is 0 Å². The maximum absolute atomic E-state index is 12.6. The van der Waals surface area contributed by atoms with E-state index in [-0.39, 0.29) is 30.0 Å². The van der Waals surface area contributed by atoms with Crippen LogP contribution in [0.25, 0.3) is 0 Å². The number of nitrogens with one attached hydrogen (secondary N) is 1. The lowest BCUT2D eigenvalue weighted by molar-refractivity contribution is -0.121. The zero-order chi connectivity index (χ0) is 17.6. The van der Waals surface area contributed by atoms with Crippen LogP contribution in [0, 0.1) is 0 Å². The summed E-state index contributed by atoms with van der Waals surface area (Å²) < 4.78 is 36.9. The number of ether oxygens (including phenoxy) is 2. The first kappa shape index (κ1) is 18.7. The number of carbonyl (C=O) groups is 1. The maximum atomic E-state index is 12.6. The Morgan fingerprint density at radius 1 is 1.38 bits per heavy atom. The van der Waals surface area contributed by atoms with Gasteiger partial charge in [-0.3, -0.25) is 4.79 Å². The molecule has 1 atom stereocenters. The van der Waals surface area contributed by atoms with E-state index < -0.39 is 10.0 Å². The lowest BCUT2D eigenvalue weighted by Gasteiger charge is -2.20. The number of carbonyl (C=O) groups excluding carboxylic acids is 1. The van der Waals surface area contributed by atoms with Crippen molar-refractivity contribution < 1.29 is 22.7 Å². The molecule has 8 heteroatoms. The van der Waals surface area contributed by atoms with Crippen molar-refractivity contribution in [3.05, 3.63) is 24.3 Å². The monoisotopic (exact) mass is 356 g/mol. The fourth-order valence-corrected chi connectivity index (χ4v) is 3.92. The number of hydrogen-bond donors (Lipinski definition) is 1. The van der Waals surface area contributed by atoms with E-state index in [4.69, 9.17) is 9.47 Å². The number of nitrogens with zero attached hydrogens (tertiary/aromatic N) is 1. The van der Waals surface area contributed by atoms with Crippen molar-refractivity contribution in [2.24, 2.45) is 0 Å². The third-order valence-corrected chi connectivity index (χ3v) is 5.86. The average Bonchev–Trinajstić information content (AvgIpc) is 3.11. The predicted molar refractivity (Wildman–Crippen MR) is 89.4 cm³/mol. The molecule has 1 saturated heterocycles. The Labute approximate surface area is 143 Å². The summed E-state index contributed by atoms with van der Waals surface area (Å²) in [6.45, 7) is 2.83. The van der Waals surface area contributed by atoms with Crippen LogP contribution in [0.1, 0.15) is 19.8 Å². The second-order valence-corrected chi connectivity index (χ2v) is 7.48. The normalized spacial score (nSPS) is 17.9. The summed E-state index contributed by atoms with van der Waals surface area (Å²) in [5.41, 5.74) is 0. The lowest BCUT2D eigenvalue weighted by Crippen LogP contribution is -2.42. The quantitative estimate of drug-likeness (QED) is 0.751. The van der Waals surface area contributed by atoms with Crippen LogP contribution in [0.5, 0.6) is 5.75 Å². The number of benzene rings is 1. The van der Waals surface area contributed by atoms with Gasteiger partial charge in [0.1, 0.15) is 5.75 Å². The molecule has 0 spiro atoms. The van der Waals surface area contributed by atoms with Crippen molar-refractivity contribution in [2.75, 3.05) is 33.4 Å². The third-order valence-electron chi connectivity index (χ3n) is 3.92. The Morgan fingerprint density at radius 2 is 2.08 bits per heavy atom. The number of amides is 1. The van der Waals surface area contributed by atoms with E-state index in [9.17, 15) is 13.2 Å². The maximum Gasteiger partial charge on any atom is 0.243 e.